The van der Waals surface area contributed by atoms with Crippen molar-refractivity contribution in [2.45, 2.75) is 191 Å². The molecule has 15 nitrogen and oxygen atoms in total. The zero-order valence-corrected chi connectivity index (χ0v) is 47.1. The van der Waals surface area contributed by atoms with E-state index in [1.165, 1.54) is 6.07 Å². The highest BCUT2D eigenvalue weighted by Crippen LogP contribution is 2.30. The molecule has 0 radical (unpaired) electrons. The van der Waals surface area contributed by atoms with Crippen molar-refractivity contribution in [1.82, 2.24) is 0 Å². The average molecular weight is 1050 g/mol. The third-order valence-electron chi connectivity index (χ3n) is 13.4. The van der Waals surface area contributed by atoms with E-state index in [4.69, 9.17) is 24.0 Å². The Morgan fingerprint density at radius 3 is 1.38 bits per heavy atom. The van der Waals surface area contributed by atoms with E-state index in [1.807, 2.05) is 26.8 Å². The Balaban J connectivity index is 1.46. The topological polar surface area (TPSA) is 188 Å². The van der Waals surface area contributed by atoms with Crippen LogP contribution in [0.15, 0.2) is 93.3 Å². The van der Waals surface area contributed by atoms with Crippen LogP contribution in [0.2, 0.25) is 0 Å². The first-order chi connectivity index (χ1) is 36.8. The molecule has 414 valence electrons. The monoisotopic (exact) mass is 1050 g/mol. The number of hydrogen-bond donors (Lipinski definition) is 2. The van der Waals surface area contributed by atoms with Crippen LogP contribution in [0.25, 0.3) is 0 Å². The van der Waals surface area contributed by atoms with E-state index in [0.29, 0.717) is 45.3 Å². The second-order valence-electron chi connectivity index (χ2n) is 19.8. The van der Waals surface area contributed by atoms with Gasteiger partial charge in [0.25, 0.3) is 0 Å². The summed E-state index contributed by atoms with van der Waals surface area (Å²) in [6, 6.07) is 19.9. The summed E-state index contributed by atoms with van der Waals surface area (Å²) >= 11 is 0. The quantitative estimate of drug-likeness (QED) is 0.0151. The maximum absolute atomic E-state index is 13.4. The van der Waals surface area contributed by atoms with Gasteiger partial charge in [-0.2, -0.15) is 20.5 Å². The van der Waals surface area contributed by atoms with Crippen molar-refractivity contribution in [3.8, 4) is 0 Å². The summed E-state index contributed by atoms with van der Waals surface area (Å²) in [6.07, 6.45) is 15.1. The number of hydrogen-bond acceptors (Lipinski definition) is 13. The predicted molar refractivity (Wildman–Crippen MR) is 302 cm³/mol. The molecular formula is C61H86N6O9. The van der Waals surface area contributed by atoms with E-state index in [0.717, 1.165) is 114 Å². The molecule has 0 aliphatic carbocycles. The van der Waals surface area contributed by atoms with Gasteiger partial charge in [0.2, 0.25) is 0 Å². The molecule has 0 saturated heterocycles. The Labute approximate surface area is 452 Å². The Morgan fingerprint density at radius 1 is 0.487 bits per heavy atom. The number of nitrogens with zero attached hydrogens (tertiary/aromatic N) is 4. The first-order valence-electron chi connectivity index (χ1n) is 28.0. The van der Waals surface area contributed by atoms with Crippen molar-refractivity contribution in [3.63, 3.8) is 0 Å². The SMILES string of the molecule is CCCCC(CC)COC(=O)c1cc(N=Nc2ccc(NC(=O)Nc3ccc(N=Nc4cc(COOC(CC)CCCC)cc(C(=O)OC(CC)CCCC)c4)c(C)c3)cc2C)cc(C(=O)OCC(CC)CCCC)c1. The molecule has 15 heteroatoms. The molecule has 0 fully saturated rings. The van der Waals surface area contributed by atoms with Crippen LogP contribution in [0, 0.1) is 25.7 Å². The fraction of sp³-hybridized carbons (Fsp3) is 0.541. The summed E-state index contributed by atoms with van der Waals surface area (Å²) in [7, 11) is 0. The molecule has 0 heterocycles. The van der Waals surface area contributed by atoms with Crippen molar-refractivity contribution < 1.29 is 43.2 Å². The number of azo groups is 2. The van der Waals surface area contributed by atoms with Gasteiger partial charge in [-0.05, 0) is 154 Å². The zero-order chi connectivity index (χ0) is 55.2. The number of unbranched alkanes of at least 4 members (excludes halogenated alkanes) is 4. The third kappa shape index (κ3) is 21.7. The number of esters is 3. The minimum atomic E-state index is -0.539. The predicted octanol–water partition coefficient (Wildman–Crippen LogP) is 18.1. The largest absolute Gasteiger partial charge is 0.462 e. The molecule has 0 bridgehead atoms. The van der Waals surface area contributed by atoms with Gasteiger partial charge < -0.3 is 24.8 Å². The van der Waals surface area contributed by atoms with Crippen molar-refractivity contribution in [2.75, 3.05) is 23.8 Å². The average Bonchev–Trinajstić information content (AvgIpc) is 3.42. The van der Waals surface area contributed by atoms with Gasteiger partial charge in [-0.3, -0.25) is 0 Å². The number of nitrogens with one attached hydrogen (secondary N) is 2. The smallest absolute Gasteiger partial charge is 0.338 e. The Hall–Kier alpha value is -6.32. The van der Waals surface area contributed by atoms with Gasteiger partial charge in [0.05, 0.1) is 58.8 Å². The number of urea groups is 1. The van der Waals surface area contributed by atoms with E-state index >= 15 is 0 Å². The Morgan fingerprint density at radius 2 is 0.934 bits per heavy atom. The highest BCUT2D eigenvalue weighted by molar-refractivity contribution is 6.00. The lowest BCUT2D eigenvalue weighted by Crippen LogP contribution is -2.19. The minimum Gasteiger partial charge on any atom is -0.462 e. The summed E-state index contributed by atoms with van der Waals surface area (Å²) < 4.78 is 17.4. The van der Waals surface area contributed by atoms with Crippen LogP contribution in [0.1, 0.15) is 206 Å². The molecule has 4 unspecified atom stereocenters. The van der Waals surface area contributed by atoms with Crippen molar-refractivity contribution in [3.05, 3.63) is 106 Å². The van der Waals surface area contributed by atoms with Crippen molar-refractivity contribution >= 4 is 58.1 Å². The van der Waals surface area contributed by atoms with Gasteiger partial charge in [-0.1, -0.05) is 120 Å². The molecule has 0 aliphatic heterocycles. The van der Waals surface area contributed by atoms with Crippen LogP contribution in [-0.2, 0) is 30.6 Å². The molecule has 2 N–H and O–H groups in total. The first kappa shape index (κ1) is 62.2. The van der Waals surface area contributed by atoms with Crippen molar-refractivity contribution in [1.29, 1.82) is 0 Å². The lowest BCUT2D eigenvalue weighted by atomic mass is 10.0. The number of aryl methyl sites for hydroxylation is 2. The molecule has 4 atom stereocenters. The Bertz CT molecular complexity index is 2460. The molecule has 0 aromatic heterocycles. The van der Waals surface area contributed by atoms with Crippen LogP contribution in [0.4, 0.5) is 38.9 Å². The molecule has 2 amide bonds. The molecule has 76 heavy (non-hydrogen) atoms. The molecule has 4 aromatic rings. The van der Waals surface area contributed by atoms with Gasteiger partial charge in [0.1, 0.15) is 12.7 Å². The van der Waals surface area contributed by atoms with Crippen LogP contribution in [0.3, 0.4) is 0 Å². The lowest BCUT2D eigenvalue weighted by Gasteiger charge is -2.17. The van der Waals surface area contributed by atoms with E-state index in [9.17, 15) is 19.2 Å². The van der Waals surface area contributed by atoms with Gasteiger partial charge >= 0.3 is 23.9 Å². The van der Waals surface area contributed by atoms with E-state index in [-0.39, 0.29) is 55.0 Å². The number of anilines is 2. The molecule has 4 aromatic carbocycles. The maximum atomic E-state index is 13.4. The summed E-state index contributed by atoms with van der Waals surface area (Å²) in [5.41, 5.74) is 5.80. The lowest BCUT2D eigenvalue weighted by molar-refractivity contribution is -0.334. The molecule has 0 saturated carbocycles. The van der Waals surface area contributed by atoms with Crippen LogP contribution in [0.5, 0.6) is 0 Å². The van der Waals surface area contributed by atoms with Crippen LogP contribution in [-0.4, -0.2) is 49.4 Å². The van der Waals surface area contributed by atoms with Crippen LogP contribution >= 0.6 is 0 Å². The van der Waals surface area contributed by atoms with Gasteiger partial charge in [-0.25, -0.2) is 29.0 Å². The van der Waals surface area contributed by atoms with E-state index in [2.05, 4.69) is 79.6 Å². The molecule has 0 aliphatic rings. The van der Waals surface area contributed by atoms with Crippen molar-refractivity contribution in [2.24, 2.45) is 32.3 Å². The van der Waals surface area contributed by atoms with Crippen LogP contribution < -0.4 is 10.6 Å². The fourth-order valence-corrected chi connectivity index (χ4v) is 8.34. The number of rotatable bonds is 34. The molecular weight excluding hydrogens is 961 g/mol. The highest BCUT2D eigenvalue weighted by Gasteiger charge is 2.20. The second-order valence-corrected chi connectivity index (χ2v) is 19.8. The second kappa shape index (κ2) is 34.4. The number of benzene rings is 4. The van der Waals surface area contributed by atoms with Gasteiger partial charge in [0.15, 0.2) is 0 Å². The summed E-state index contributed by atoms with van der Waals surface area (Å²) in [6.45, 7) is 21.2. The molecule has 4 rings (SSSR count). The van der Waals surface area contributed by atoms with E-state index < -0.39 is 23.9 Å². The number of ether oxygens (including phenoxy) is 3. The number of carbonyl (C=O) groups excluding carboxylic acids is 4. The molecule has 0 spiro atoms. The standard InChI is InChI=1S/C61H86N6O9/c1-11-19-23-44(15-5)39-72-58(68)48-35-49(59(69)73-40-45(16-6)24-20-12-2)38-53(37-48)65-67-57-30-28-51(32-43(57)10)63-61(71)62-50-27-29-56(42(9)31-50)66-64-52-34-46(41-74-76-55(18-8)26-22-14-4)33-47(36-52)60(70)75-54(17-7)25-21-13-3/h27-38,44-45,54-55H,11-26,39-41H2,1-10H3,(H2,62,63,71). The zero-order valence-electron chi connectivity index (χ0n) is 47.1. The van der Waals surface area contributed by atoms with E-state index in [1.54, 1.807) is 60.7 Å². The highest BCUT2D eigenvalue weighted by atomic mass is 17.2. The summed E-state index contributed by atoms with van der Waals surface area (Å²) in [5, 5.41) is 23.7. The number of carbonyl (C=O) groups is 4. The number of amides is 2. The fourth-order valence-electron chi connectivity index (χ4n) is 8.34. The third-order valence-corrected chi connectivity index (χ3v) is 13.4. The minimum absolute atomic E-state index is 0.0196. The normalized spacial score (nSPS) is 13.1. The first-order valence-corrected chi connectivity index (χ1v) is 28.0. The Kier molecular flexibility index (Phi) is 28.1. The summed E-state index contributed by atoms with van der Waals surface area (Å²) in [4.78, 5) is 64.9. The van der Waals surface area contributed by atoms with Gasteiger partial charge in [0, 0.05) is 11.4 Å². The van der Waals surface area contributed by atoms with Gasteiger partial charge in [-0.15, -0.1) is 0 Å². The maximum Gasteiger partial charge on any atom is 0.338 e. The summed E-state index contributed by atoms with van der Waals surface area (Å²) in [5.74, 6) is -1.01.